The fourth-order valence-electron chi connectivity index (χ4n) is 8.04. The van der Waals surface area contributed by atoms with Crippen molar-refractivity contribution in [3.63, 3.8) is 0 Å². The van der Waals surface area contributed by atoms with Crippen molar-refractivity contribution in [2.24, 2.45) is 0 Å². The predicted octanol–water partition coefficient (Wildman–Crippen LogP) is 11.5. The molecule has 1 aliphatic heterocycles. The molecule has 1 fully saturated rings. The van der Waals surface area contributed by atoms with Gasteiger partial charge in [0.2, 0.25) is 0 Å². The number of para-hydroxylation sites is 3. The molecule has 4 amide bonds. The van der Waals surface area contributed by atoms with Gasteiger partial charge < -0.3 is 0 Å². The topological polar surface area (TPSA) is 62.1 Å². The van der Waals surface area contributed by atoms with Gasteiger partial charge in [0.05, 0.1) is 27.1 Å². The molecule has 0 saturated carbocycles. The number of benzene rings is 6. The standard InChI is InChI=1S/C45H25N3O3S2/c49-42-34(43(50)47(29-18-8-3-9-19-29)45(51)46(42)28-16-6-2-7-17-28)24-30-25-36-41(52-30)39-32-21-12-15-27-23-33(26-13-4-1-5-14-26)38-31-20-10-11-22-35(31)48(44(39)53-36)40(38)37(27)32/h1-25H. The van der Waals surface area contributed by atoms with Crippen LogP contribution < -0.4 is 9.80 Å². The molecule has 10 aromatic rings. The lowest BCUT2D eigenvalue weighted by Gasteiger charge is -2.33. The van der Waals surface area contributed by atoms with E-state index in [0.717, 1.165) is 39.8 Å². The Morgan fingerprint density at radius 3 is 1.87 bits per heavy atom. The number of thiophene rings is 2. The van der Waals surface area contributed by atoms with Crippen molar-refractivity contribution in [1.29, 1.82) is 0 Å². The summed E-state index contributed by atoms with van der Waals surface area (Å²) in [6.07, 6.45) is 1.65. The number of fused-ring (bicyclic) bond motifs is 8. The number of urea groups is 1. The van der Waals surface area contributed by atoms with E-state index in [1.807, 2.05) is 12.1 Å². The number of pyridine rings is 1. The third-order valence-corrected chi connectivity index (χ3v) is 12.6. The van der Waals surface area contributed by atoms with E-state index in [-0.39, 0.29) is 5.57 Å². The molecular weight excluding hydrogens is 695 g/mol. The first-order chi connectivity index (χ1) is 26.1. The highest BCUT2D eigenvalue weighted by molar-refractivity contribution is 7.33. The van der Waals surface area contributed by atoms with Gasteiger partial charge in [-0.15, -0.1) is 22.7 Å². The summed E-state index contributed by atoms with van der Waals surface area (Å²) in [7, 11) is 0. The van der Waals surface area contributed by atoms with Crippen LogP contribution in [-0.4, -0.2) is 22.2 Å². The highest BCUT2D eigenvalue weighted by Crippen LogP contribution is 2.50. The molecule has 0 bridgehead atoms. The number of aromatic nitrogens is 1. The Labute approximate surface area is 310 Å². The number of hydrogen-bond donors (Lipinski definition) is 0. The van der Waals surface area contributed by atoms with Crippen LogP contribution in [0.5, 0.6) is 0 Å². The number of carbonyl (C=O) groups excluding carboxylic acids is 3. The second-order valence-corrected chi connectivity index (χ2v) is 15.3. The average Bonchev–Trinajstić information content (AvgIpc) is 3.87. The Balaban J connectivity index is 1.15. The minimum atomic E-state index is -0.705. The van der Waals surface area contributed by atoms with Gasteiger partial charge in [-0.2, -0.15) is 0 Å². The molecular formula is C45H25N3O3S2. The number of barbiturate groups is 1. The molecule has 53 heavy (non-hydrogen) atoms. The van der Waals surface area contributed by atoms with Crippen molar-refractivity contribution >= 4 is 116 Å². The van der Waals surface area contributed by atoms with E-state index in [4.69, 9.17) is 0 Å². The van der Waals surface area contributed by atoms with Gasteiger partial charge in [0.1, 0.15) is 10.4 Å². The Kier molecular flexibility index (Phi) is 6.35. The number of nitrogens with zero attached hydrogens (tertiary/aromatic N) is 3. The highest BCUT2D eigenvalue weighted by atomic mass is 32.1. The number of carbonyl (C=O) groups is 3. The zero-order valence-corrected chi connectivity index (χ0v) is 29.4. The molecule has 1 aliphatic rings. The summed E-state index contributed by atoms with van der Waals surface area (Å²) in [5.74, 6) is -1.29. The number of imide groups is 2. The summed E-state index contributed by atoms with van der Waals surface area (Å²) in [4.78, 5) is 46.1. The summed E-state index contributed by atoms with van der Waals surface area (Å²) >= 11 is 3.28. The lowest BCUT2D eigenvalue weighted by molar-refractivity contribution is -0.121. The van der Waals surface area contributed by atoms with Gasteiger partial charge in [-0.1, -0.05) is 103 Å². The molecule has 8 heteroatoms. The summed E-state index contributed by atoms with van der Waals surface area (Å²) < 4.78 is 4.60. The van der Waals surface area contributed by atoms with Crippen LogP contribution in [0, 0.1) is 0 Å². The Morgan fingerprint density at radius 1 is 0.547 bits per heavy atom. The normalized spacial score (nSPS) is 14.0. The van der Waals surface area contributed by atoms with Crippen LogP contribution in [0.15, 0.2) is 151 Å². The first kappa shape index (κ1) is 30.1. The molecule has 0 unspecified atom stereocenters. The molecule has 0 atom stereocenters. The molecule has 6 nitrogen and oxygen atoms in total. The summed E-state index contributed by atoms with van der Waals surface area (Å²) in [6.45, 7) is 0. The molecule has 5 heterocycles. The lowest BCUT2D eigenvalue weighted by atomic mass is 9.93. The van der Waals surface area contributed by atoms with Gasteiger partial charge in [0.15, 0.2) is 0 Å². The van der Waals surface area contributed by atoms with Crippen LogP contribution in [0.4, 0.5) is 16.2 Å². The van der Waals surface area contributed by atoms with Crippen molar-refractivity contribution < 1.29 is 14.4 Å². The maximum Gasteiger partial charge on any atom is 0.343 e. The van der Waals surface area contributed by atoms with Gasteiger partial charge >= 0.3 is 6.03 Å². The van der Waals surface area contributed by atoms with Crippen LogP contribution in [0.2, 0.25) is 0 Å². The smallest absolute Gasteiger partial charge is 0.299 e. The predicted molar refractivity (Wildman–Crippen MR) is 219 cm³/mol. The maximum atomic E-state index is 14.1. The number of rotatable bonds is 4. The van der Waals surface area contributed by atoms with Gasteiger partial charge in [0.25, 0.3) is 11.8 Å². The first-order valence-corrected chi connectivity index (χ1v) is 18.9. The molecule has 0 spiro atoms. The van der Waals surface area contributed by atoms with Crippen LogP contribution in [0.1, 0.15) is 4.88 Å². The fraction of sp³-hybridized carbons (Fsp3) is 0. The molecule has 0 radical (unpaired) electrons. The van der Waals surface area contributed by atoms with E-state index in [0.29, 0.717) is 11.4 Å². The molecule has 0 aliphatic carbocycles. The molecule has 11 rings (SSSR count). The average molecular weight is 720 g/mol. The number of amides is 4. The van der Waals surface area contributed by atoms with E-state index < -0.39 is 17.8 Å². The van der Waals surface area contributed by atoms with Crippen molar-refractivity contribution in [3.05, 3.63) is 156 Å². The lowest BCUT2D eigenvalue weighted by Crippen LogP contribution is -2.57. The van der Waals surface area contributed by atoms with E-state index >= 15 is 0 Å². The molecule has 4 aromatic heterocycles. The zero-order chi connectivity index (χ0) is 35.4. The third-order valence-electron chi connectivity index (χ3n) is 10.3. The van der Waals surface area contributed by atoms with E-state index in [1.165, 1.54) is 43.6 Å². The number of anilines is 2. The minimum absolute atomic E-state index is 0.0703. The van der Waals surface area contributed by atoms with Crippen molar-refractivity contribution in [2.45, 2.75) is 0 Å². The largest absolute Gasteiger partial charge is 0.343 e. The third kappa shape index (κ3) is 4.21. The maximum absolute atomic E-state index is 14.1. The number of hydrogen-bond acceptors (Lipinski definition) is 5. The van der Waals surface area contributed by atoms with E-state index in [9.17, 15) is 14.4 Å². The molecule has 1 saturated heterocycles. The highest BCUT2D eigenvalue weighted by Gasteiger charge is 2.43. The summed E-state index contributed by atoms with van der Waals surface area (Å²) in [5.41, 5.74) is 5.50. The fourth-order valence-corrected chi connectivity index (χ4v) is 10.7. The van der Waals surface area contributed by atoms with Crippen LogP contribution >= 0.6 is 22.7 Å². The van der Waals surface area contributed by atoms with Crippen LogP contribution in [0.25, 0.3) is 74.8 Å². The van der Waals surface area contributed by atoms with Gasteiger partial charge in [0, 0.05) is 31.1 Å². The van der Waals surface area contributed by atoms with E-state index in [1.54, 1.807) is 77.3 Å². The zero-order valence-electron chi connectivity index (χ0n) is 27.8. The monoisotopic (exact) mass is 719 g/mol. The van der Waals surface area contributed by atoms with Crippen LogP contribution in [0.3, 0.4) is 0 Å². The molecule has 6 aromatic carbocycles. The van der Waals surface area contributed by atoms with Crippen LogP contribution in [-0.2, 0) is 9.59 Å². The molecule has 0 N–H and O–H groups in total. The second-order valence-electron chi connectivity index (χ2n) is 13.2. The SMILES string of the molecule is O=C1C(=Cc2cc3sc4c(c5cccc6cc(-c7ccccc7)c7c8ccccc8n4c7c65)c3s2)C(=O)N(c2ccccc2)C(=O)N1c1ccccc1. The Morgan fingerprint density at radius 2 is 1.17 bits per heavy atom. The minimum Gasteiger partial charge on any atom is -0.299 e. The summed E-state index contributed by atoms with van der Waals surface area (Å²) in [6, 6.07) is 47.0. The Bertz CT molecular complexity index is 3110. The quantitative estimate of drug-likeness (QED) is 0.134. The Hall–Kier alpha value is -6.61. The summed E-state index contributed by atoms with van der Waals surface area (Å²) in [5, 5.41) is 7.17. The van der Waals surface area contributed by atoms with Crippen molar-refractivity contribution in [1.82, 2.24) is 4.40 Å². The van der Waals surface area contributed by atoms with Crippen molar-refractivity contribution in [2.75, 3.05) is 9.80 Å². The van der Waals surface area contributed by atoms with E-state index in [2.05, 4.69) is 89.3 Å². The van der Waals surface area contributed by atoms with Crippen molar-refractivity contribution in [3.8, 4) is 11.1 Å². The molecule has 250 valence electrons. The first-order valence-electron chi connectivity index (χ1n) is 17.2. The second kappa shape index (κ2) is 11.2. The van der Waals surface area contributed by atoms with Gasteiger partial charge in [-0.3, -0.25) is 14.0 Å². The van der Waals surface area contributed by atoms with Gasteiger partial charge in [-0.25, -0.2) is 14.6 Å². The van der Waals surface area contributed by atoms with Gasteiger partial charge in [-0.05, 0) is 70.4 Å².